The first-order valence-corrected chi connectivity index (χ1v) is 7.66. The monoisotopic (exact) mass is 242 g/mol. The topological polar surface area (TPSA) is 9.23 Å². The Morgan fingerprint density at radius 2 is 1.65 bits per heavy atom. The number of benzene rings is 2. The van der Waals surface area contributed by atoms with Crippen LogP contribution in [0.1, 0.15) is 5.56 Å². The minimum Gasteiger partial charge on any atom is -0.497 e. The first-order valence-electron chi connectivity index (χ1n) is 5.69. The van der Waals surface area contributed by atoms with Crippen molar-refractivity contribution in [2.75, 3.05) is 7.11 Å². The van der Waals surface area contributed by atoms with E-state index in [9.17, 15) is 0 Å². The van der Waals surface area contributed by atoms with Gasteiger partial charge in [-0.15, -0.1) is 7.80 Å². The van der Waals surface area contributed by atoms with Gasteiger partial charge in [-0.25, -0.2) is 0 Å². The van der Waals surface area contributed by atoms with E-state index in [0.717, 1.165) is 11.9 Å². The largest absolute Gasteiger partial charge is 0.497 e. The third-order valence-corrected chi connectivity index (χ3v) is 4.79. The predicted octanol–water partition coefficient (Wildman–Crippen LogP) is 2.55. The molecule has 0 aliphatic carbocycles. The molecule has 0 heterocycles. The van der Waals surface area contributed by atoms with Crippen LogP contribution in [0.3, 0.4) is 0 Å². The summed E-state index contributed by atoms with van der Waals surface area (Å²) in [5.41, 5.74) is 1.38. The smallest absolute Gasteiger partial charge is 0.140 e. The van der Waals surface area contributed by atoms with Gasteiger partial charge in [0.05, 0.1) is 7.11 Å². The van der Waals surface area contributed by atoms with E-state index in [2.05, 4.69) is 50.0 Å². The van der Waals surface area contributed by atoms with Gasteiger partial charge in [0.25, 0.3) is 0 Å². The maximum Gasteiger partial charge on any atom is 0.140 e. The van der Waals surface area contributed by atoms with Crippen molar-refractivity contribution in [2.24, 2.45) is 0 Å². The quantitative estimate of drug-likeness (QED) is 0.591. The minimum absolute atomic E-state index is 0.107. The standard InChI is InChI=1S/C14H16BOP/c1-16-13-9-7-12(8-10-13)11-17(15)14-5-3-2-4-6-14/h2-10H,11,15H2,1H3. The van der Waals surface area contributed by atoms with Crippen molar-refractivity contribution in [3.8, 4) is 5.75 Å². The highest BCUT2D eigenvalue weighted by Crippen LogP contribution is 2.33. The second-order valence-electron chi connectivity index (χ2n) is 4.04. The lowest BCUT2D eigenvalue weighted by Crippen LogP contribution is -2.01. The molecule has 17 heavy (non-hydrogen) atoms. The molecular weight excluding hydrogens is 226 g/mol. The van der Waals surface area contributed by atoms with Gasteiger partial charge in [-0.05, 0) is 29.2 Å². The van der Waals surface area contributed by atoms with Crippen LogP contribution in [0.15, 0.2) is 54.6 Å². The van der Waals surface area contributed by atoms with E-state index in [1.54, 1.807) is 7.11 Å². The average molecular weight is 242 g/mol. The van der Waals surface area contributed by atoms with Gasteiger partial charge in [0.15, 0.2) is 0 Å². The lowest BCUT2D eigenvalue weighted by molar-refractivity contribution is 0.414. The molecule has 0 amide bonds. The Morgan fingerprint density at radius 1 is 1.00 bits per heavy atom. The third-order valence-electron chi connectivity index (χ3n) is 2.78. The van der Waals surface area contributed by atoms with E-state index >= 15 is 0 Å². The highest BCUT2D eigenvalue weighted by Gasteiger charge is 2.05. The fraction of sp³-hybridized carbons (Fsp3) is 0.143. The molecule has 2 rings (SSSR count). The third kappa shape index (κ3) is 3.34. The molecule has 0 fully saturated rings. The highest BCUT2D eigenvalue weighted by molar-refractivity contribution is 7.87. The first kappa shape index (κ1) is 12.2. The number of rotatable bonds is 4. The normalized spacial score (nSPS) is 12.1. The van der Waals surface area contributed by atoms with Gasteiger partial charge < -0.3 is 4.74 Å². The van der Waals surface area contributed by atoms with Gasteiger partial charge in [-0.3, -0.25) is 0 Å². The highest BCUT2D eigenvalue weighted by atomic mass is 31.1. The van der Waals surface area contributed by atoms with Crippen molar-refractivity contribution in [1.82, 2.24) is 0 Å². The molecular formula is C14H16BOP. The molecule has 86 valence electrons. The molecule has 2 aromatic carbocycles. The summed E-state index contributed by atoms with van der Waals surface area (Å²) in [5, 5.41) is 1.46. The molecule has 0 N–H and O–H groups in total. The Bertz CT molecular complexity index is 455. The van der Waals surface area contributed by atoms with Gasteiger partial charge in [-0.1, -0.05) is 42.5 Å². The molecule has 0 saturated carbocycles. The summed E-state index contributed by atoms with van der Waals surface area (Å²) < 4.78 is 5.16. The average Bonchev–Trinajstić information content (AvgIpc) is 2.40. The van der Waals surface area contributed by atoms with Crippen LogP contribution >= 0.6 is 7.80 Å². The van der Waals surface area contributed by atoms with Crippen LogP contribution in [0.2, 0.25) is 0 Å². The minimum atomic E-state index is -0.107. The molecule has 0 bridgehead atoms. The molecule has 2 aromatic rings. The Labute approximate surface area is 105 Å². The molecule has 0 aliphatic heterocycles. The molecule has 1 nitrogen and oxygen atoms in total. The van der Waals surface area contributed by atoms with Crippen LogP contribution in [0, 0.1) is 0 Å². The van der Waals surface area contributed by atoms with E-state index in [0.29, 0.717) is 0 Å². The SMILES string of the molecule is BP(Cc1ccc(OC)cc1)c1ccccc1. The Hall–Kier alpha value is -1.27. The summed E-state index contributed by atoms with van der Waals surface area (Å²) in [4.78, 5) is 0. The van der Waals surface area contributed by atoms with Gasteiger partial charge in [0.2, 0.25) is 0 Å². The summed E-state index contributed by atoms with van der Waals surface area (Å²) in [6.07, 6.45) is 1.13. The summed E-state index contributed by atoms with van der Waals surface area (Å²) in [5.74, 6) is 0.925. The van der Waals surface area contributed by atoms with Crippen molar-refractivity contribution >= 4 is 20.7 Å². The molecule has 0 radical (unpaired) electrons. The van der Waals surface area contributed by atoms with E-state index in [1.807, 2.05) is 12.1 Å². The maximum atomic E-state index is 5.16. The fourth-order valence-electron chi connectivity index (χ4n) is 1.78. The van der Waals surface area contributed by atoms with Gasteiger partial charge in [-0.2, -0.15) is 0 Å². The zero-order valence-corrected chi connectivity index (χ0v) is 11.2. The summed E-state index contributed by atoms with van der Waals surface area (Å²) in [6.45, 7) is 0. The van der Waals surface area contributed by atoms with E-state index in [-0.39, 0.29) is 7.80 Å². The van der Waals surface area contributed by atoms with Crippen LogP contribution < -0.4 is 10.0 Å². The zero-order chi connectivity index (χ0) is 12.1. The van der Waals surface area contributed by atoms with Gasteiger partial charge >= 0.3 is 0 Å². The van der Waals surface area contributed by atoms with Gasteiger partial charge in [0, 0.05) is 0 Å². The second kappa shape index (κ2) is 5.88. The van der Waals surface area contributed by atoms with E-state index < -0.39 is 0 Å². The van der Waals surface area contributed by atoms with Crippen molar-refractivity contribution in [3.63, 3.8) is 0 Å². The van der Waals surface area contributed by atoms with Crippen LogP contribution in [0.4, 0.5) is 0 Å². The maximum absolute atomic E-state index is 5.16. The van der Waals surface area contributed by atoms with Crippen molar-refractivity contribution in [3.05, 3.63) is 60.2 Å². The first-order chi connectivity index (χ1) is 8.29. The molecule has 0 spiro atoms. The predicted molar refractivity (Wildman–Crippen MR) is 78.2 cm³/mol. The van der Waals surface area contributed by atoms with Gasteiger partial charge in [0.1, 0.15) is 13.3 Å². The molecule has 3 heteroatoms. The number of methoxy groups -OCH3 is 1. The molecule has 0 aliphatic rings. The molecule has 1 atom stereocenters. The lowest BCUT2D eigenvalue weighted by atomic mass is 10.2. The molecule has 0 saturated heterocycles. The van der Waals surface area contributed by atoms with Crippen LogP contribution in [0.5, 0.6) is 5.75 Å². The molecule has 1 unspecified atom stereocenters. The Balaban J connectivity index is 2.05. The number of ether oxygens (including phenoxy) is 1. The Kier molecular flexibility index (Phi) is 4.22. The van der Waals surface area contributed by atoms with Crippen molar-refractivity contribution < 1.29 is 4.74 Å². The zero-order valence-electron chi connectivity index (χ0n) is 10.3. The second-order valence-corrected chi connectivity index (χ2v) is 6.27. The summed E-state index contributed by atoms with van der Waals surface area (Å²) in [6, 6.07) is 19.1. The van der Waals surface area contributed by atoms with Crippen LogP contribution in [0.25, 0.3) is 0 Å². The number of hydrogen-bond donors (Lipinski definition) is 0. The summed E-state index contributed by atoms with van der Waals surface area (Å²) in [7, 11) is 3.92. The fourth-order valence-corrected chi connectivity index (χ4v) is 3.40. The molecule has 0 aromatic heterocycles. The van der Waals surface area contributed by atoms with Crippen LogP contribution in [-0.2, 0) is 6.16 Å². The van der Waals surface area contributed by atoms with Crippen LogP contribution in [-0.4, -0.2) is 14.7 Å². The Morgan fingerprint density at radius 3 is 2.24 bits per heavy atom. The summed E-state index contributed by atoms with van der Waals surface area (Å²) >= 11 is 0. The van der Waals surface area contributed by atoms with Crippen molar-refractivity contribution in [2.45, 2.75) is 6.16 Å². The lowest BCUT2D eigenvalue weighted by Gasteiger charge is -2.13. The van der Waals surface area contributed by atoms with E-state index in [1.165, 1.54) is 10.9 Å². The van der Waals surface area contributed by atoms with Crippen molar-refractivity contribution in [1.29, 1.82) is 0 Å². The van der Waals surface area contributed by atoms with E-state index in [4.69, 9.17) is 4.74 Å². The number of hydrogen-bond acceptors (Lipinski definition) is 1.